The Morgan fingerprint density at radius 2 is 1.17 bits per heavy atom. The summed E-state index contributed by atoms with van der Waals surface area (Å²) < 4.78 is 2.18. The van der Waals surface area contributed by atoms with Crippen molar-refractivity contribution in [3.63, 3.8) is 0 Å². The lowest BCUT2D eigenvalue weighted by atomic mass is 9.77. The molecule has 0 saturated heterocycles. The average molecular weight is 532 g/mol. The fraction of sp³-hybridized carbons (Fsp3) is 0.0811. The van der Waals surface area contributed by atoms with Crippen molar-refractivity contribution in [3.05, 3.63) is 184 Å². The number of H-pyrrole nitrogens is 1. The largest absolute Gasteiger partial charge is 0.322 e. The molecule has 4 nitrogen and oxygen atoms in total. The second kappa shape index (κ2) is 10.1. The number of fused-ring (bicyclic) bond motifs is 2. The van der Waals surface area contributed by atoms with Crippen LogP contribution < -0.4 is 5.56 Å². The number of benzene rings is 5. The maximum absolute atomic E-state index is 12.4. The van der Waals surface area contributed by atoms with E-state index in [0.717, 1.165) is 44.2 Å². The summed E-state index contributed by atoms with van der Waals surface area (Å²) >= 11 is 0. The van der Waals surface area contributed by atoms with Gasteiger partial charge in [-0.25, -0.2) is 4.68 Å². The van der Waals surface area contributed by atoms with E-state index in [4.69, 9.17) is 5.10 Å². The summed E-state index contributed by atoms with van der Waals surface area (Å²) in [6.07, 6.45) is 0. The molecule has 0 saturated carbocycles. The van der Waals surface area contributed by atoms with Crippen LogP contribution in [0.25, 0.3) is 21.8 Å². The molecule has 1 atom stereocenters. The Balaban J connectivity index is 1.66. The monoisotopic (exact) mass is 531 g/mol. The van der Waals surface area contributed by atoms with Crippen LogP contribution in [0.5, 0.6) is 0 Å². The molecule has 5 aromatic carbocycles. The van der Waals surface area contributed by atoms with Crippen LogP contribution >= 0.6 is 0 Å². The lowest BCUT2D eigenvalue weighted by Gasteiger charge is -2.37. The van der Waals surface area contributed by atoms with E-state index in [0.29, 0.717) is 0 Å². The second-order valence-corrected chi connectivity index (χ2v) is 10.5. The number of pyridine rings is 1. The predicted molar refractivity (Wildman–Crippen MR) is 166 cm³/mol. The molecule has 0 aliphatic heterocycles. The number of rotatable bonds is 6. The molecule has 0 bridgehead atoms. The van der Waals surface area contributed by atoms with Crippen molar-refractivity contribution in [1.82, 2.24) is 14.8 Å². The van der Waals surface area contributed by atoms with Crippen LogP contribution in [0.15, 0.2) is 150 Å². The van der Waals surface area contributed by atoms with E-state index < -0.39 is 5.54 Å². The summed E-state index contributed by atoms with van der Waals surface area (Å²) in [5.41, 5.74) is 6.33. The van der Waals surface area contributed by atoms with E-state index in [1.165, 1.54) is 5.56 Å². The number of nitrogens with zero attached hydrogens (tertiary/aromatic N) is 2. The first-order valence-corrected chi connectivity index (χ1v) is 13.9. The third-order valence-electron chi connectivity index (χ3n) is 8.15. The fourth-order valence-corrected chi connectivity index (χ4v) is 6.17. The summed E-state index contributed by atoms with van der Waals surface area (Å²) in [6, 6.07) is 50.0. The normalized spacial score (nSPS) is 12.5. The van der Waals surface area contributed by atoms with Gasteiger partial charge in [-0.15, -0.1) is 0 Å². The van der Waals surface area contributed by atoms with Crippen LogP contribution in [-0.2, 0) is 5.54 Å². The summed E-state index contributed by atoms with van der Waals surface area (Å²) in [5.74, 6) is 0.0418. The van der Waals surface area contributed by atoms with Crippen LogP contribution in [0.4, 0.5) is 0 Å². The molecule has 2 aromatic heterocycles. The molecule has 0 amide bonds. The first-order valence-electron chi connectivity index (χ1n) is 13.9. The molecule has 2 heterocycles. The van der Waals surface area contributed by atoms with E-state index in [9.17, 15) is 4.79 Å². The molecule has 7 aromatic rings. The van der Waals surface area contributed by atoms with Crippen LogP contribution in [0.2, 0.25) is 0 Å². The molecule has 4 heteroatoms. The Labute approximate surface area is 238 Å². The lowest BCUT2D eigenvalue weighted by molar-refractivity contribution is 0.470. The second-order valence-electron chi connectivity index (χ2n) is 10.5. The van der Waals surface area contributed by atoms with Gasteiger partial charge in [0.05, 0.1) is 16.7 Å². The summed E-state index contributed by atoms with van der Waals surface area (Å²) in [7, 11) is 0. The molecule has 7 rings (SSSR count). The zero-order valence-corrected chi connectivity index (χ0v) is 22.7. The van der Waals surface area contributed by atoms with Gasteiger partial charge >= 0.3 is 0 Å². The quantitative estimate of drug-likeness (QED) is 0.222. The Bertz CT molecular complexity index is 1920. The minimum atomic E-state index is -0.778. The van der Waals surface area contributed by atoms with Gasteiger partial charge in [-0.2, -0.15) is 5.10 Å². The van der Waals surface area contributed by atoms with Gasteiger partial charge in [0.2, 0.25) is 5.56 Å². The Morgan fingerprint density at radius 3 is 1.71 bits per heavy atom. The molecule has 0 spiro atoms. The Hall–Kier alpha value is -5.22. The van der Waals surface area contributed by atoms with E-state index in [1.54, 1.807) is 6.07 Å². The van der Waals surface area contributed by atoms with Crippen LogP contribution in [-0.4, -0.2) is 14.8 Å². The third kappa shape index (κ3) is 4.07. The highest BCUT2D eigenvalue weighted by atomic mass is 16.1. The van der Waals surface area contributed by atoms with Crippen molar-refractivity contribution in [2.75, 3.05) is 0 Å². The lowest BCUT2D eigenvalue weighted by Crippen LogP contribution is -2.38. The van der Waals surface area contributed by atoms with E-state index in [1.807, 2.05) is 30.3 Å². The number of nitrogens with one attached hydrogen (secondary N) is 1. The molecule has 1 N–H and O–H groups in total. The zero-order valence-electron chi connectivity index (χ0n) is 22.7. The Kier molecular flexibility index (Phi) is 6.09. The number of aromatic nitrogens is 3. The molecule has 1 unspecified atom stereocenters. The van der Waals surface area contributed by atoms with Gasteiger partial charge in [0.15, 0.2) is 0 Å². The molecular weight excluding hydrogens is 502 g/mol. The van der Waals surface area contributed by atoms with Gasteiger partial charge in [0, 0.05) is 17.4 Å². The summed E-state index contributed by atoms with van der Waals surface area (Å²) in [4.78, 5) is 15.4. The maximum atomic E-state index is 12.4. The first kappa shape index (κ1) is 24.8. The average Bonchev–Trinajstić information content (AvgIpc) is 3.40. The van der Waals surface area contributed by atoms with E-state index >= 15 is 0 Å². The van der Waals surface area contributed by atoms with Gasteiger partial charge in [0.25, 0.3) is 0 Å². The molecule has 0 aliphatic carbocycles. The van der Waals surface area contributed by atoms with Crippen molar-refractivity contribution >= 4 is 21.8 Å². The van der Waals surface area contributed by atoms with Gasteiger partial charge in [0.1, 0.15) is 5.54 Å². The van der Waals surface area contributed by atoms with E-state index in [-0.39, 0.29) is 11.5 Å². The van der Waals surface area contributed by atoms with Gasteiger partial charge in [-0.3, -0.25) is 4.79 Å². The third-order valence-corrected chi connectivity index (χ3v) is 8.15. The Morgan fingerprint density at radius 1 is 0.659 bits per heavy atom. The van der Waals surface area contributed by atoms with Crippen molar-refractivity contribution < 1.29 is 0 Å². The number of hydrogen-bond donors (Lipinski definition) is 1. The molecule has 0 fully saturated rings. The van der Waals surface area contributed by atoms with Gasteiger partial charge in [-0.05, 0) is 45.8 Å². The summed E-state index contributed by atoms with van der Waals surface area (Å²) in [5, 5.41) is 7.58. The molecule has 0 radical (unpaired) electrons. The highest BCUT2D eigenvalue weighted by Crippen LogP contribution is 2.44. The topological polar surface area (TPSA) is 50.7 Å². The highest BCUT2D eigenvalue weighted by molar-refractivity contribution is 5.97. The number of hydrogen-bond acceptors (Lipinski definition) is 2. The van der Waals surface area contributed by atoms with Crippen LogP contribution in [0, 0.1) is 0 Å². The fourth-order valence-electron chi connectivity index (χ4n) is 6.17. The standard InChI is InChI=1S/C37H29N3O/c1-26(27-14-6-2-7-15-27)36-32-24-28-22-23-35(41)38-33(28)25-34(32)40(39-36)37(29-16-8-3-9-17-29,30-18-10-4-11-19-30)31-20-12-5-13-21-31/h2-26H,1H3,(H,38,41). The first-order chi connectivity index (χ1) is 20.2. The van der Waals surface area contributed by atoms with Gasteiger partial charge < -0.3 is 4.98 Å². The molecular formula is C37H29N3O. The minimum Gasteiger partial charge on any atom is -0.322 e. The smallest absolute Gasteiger partial charge is 0.248 e. The highest BCUT2D eigenvalue weighted by Gasteiger charge is 2.41. The van der Waals surface area contributed by atoms with Crippen molar-refractivity contribution in [2.24, 2.45) is 0 Å². The molecule has 0 aliphatic rings. The zero-order chi connectivity index (χ0) is 27.8. The van der Waals surface area contributed by atoms with E-state index in [2.05, 4.69) is 126 Å². The van der Waals surface area contributed by atoms with Gasteiger partial charge in [-0.1, -0.05) is 128 Å². The summed E-state index contributed by atoms with van der Waals surface area (Å²) in [6.45, 7) is 2.22. The maximum Gasteiger partial charge on any atom is 0.248 e. The van der Waals surface area contributed by atoms with Crippen molar-refractivity contribution in [2.45, 2.75) is 18.4 Å². The predicted octanol–water partition coefficient (Wildman–Crippen LogP) is 7.87. The van der Waals surface area contributed by atoms with Crippen molar-refractivity contribution in [3.8, 4) is 0 Å². The molecule has 41 heavy (non-hydrogen) atoms. The van der Waals surface area contributed by atoms with Crippen LogP contribution in [0.3, 0.4) is 0 Å². The SMILES string of the molecule is CC(c1ccccc1)c1nn(C(c2ccccc2)(c2ccccc2)c2ccccc2)c2cc3[nH]c(=O)ccc3cc12. The van der Waals surface area contributed by atoms with Crippen LogP contribution in [0.1, 0.15) is 40.8 Å². The number of aromatic amines is 1. The molecule has 198 valence electrons. The minimum absolute atomic E-state index is 0.0418. The van der Waals surface area contributed by atoms with Crippen molar-refractivity contribution in [1.29, 1.82) is 0 Å².